The number of rotatable bonds is 20. The molecule has 7 nitrogen and oxygen atoms in total. The average molecular weight is 469 g/mol. The molecule has 0 aliphatic heterocycles. The molecule has 0 saturated heterocycles. The van der Waals surface area contributed by atoms with E-state index in [1.54, 1.807) is 0 Å². The van der Waals surface area contributed by atoms with Crippen molar-refractivity contribution >= 4 is 49.8 Å². The van der Waals surface area contributed by atoms with Gasteiger partial charge in [0.1, 0.15) is 11.5 Å². The van der Waals surface area contributed by atoms with Gasteiger partial charge in [-0.2, -0.15) is 16.8 Å². The van der Waals surface area contributed by atoms with Crippen LogP contribution in [0.5, 0.6) is 0 Å². The minimum atomic E-state index is -4.37. The first kappa shape index (κ1) is 32.0. The topological polar surface area (TPSA) is 118 Å². The van der Waals surface area contributed by atoms with Crippen molar-refractivity contribution in [3.05, 3.63) is 0 Å². The van der Waals surface area contributed by atoms with Crippen molar-refractivity contribution in [1.82, 2.24) is 0 Å². The van der Waals surface area contributed by atoms with Gasteiger partial charge in [-0.3, -0.25) is 9.11 Å². The number of unbranched alkanes of at least 4 members (excludes halogenated alkanes) is 13. The third-order valence-corrected chi connectivity index (χ3v) is 6.23. The molecule has 0 rings (SSSR count). The molecule has 0 unspecified atom stereocenters. The van der Waals surface area contributed by atoms with Crippen LogP contribution in [-0.4, -0.2) is 79.7 Å². The summed E-state index contributed by atoms with van der Waals surface area (Å²) >= 11 is 0. The van der Waals surface area contributed by atoms with Crippen LogP contribution in [-0.2, 0) is 25.0 Å². The van der Waals surface area contributed by atoms with Crippen LogP contribution < -0.4 is 0 Å². The van der Waals surface area contributed by atoms with E-state index in [4.69, 9.17) is 13.8 Å². The third-order valence-electron chi connectivity index (χ3n) is 4.64. The first-order valence-electron chi connectivity index (χ1n) is 10.7. The zero-order valence-electron chi connectivity index (χ0n) is 17.4. The second kappa shape index (κ2) is 19.5. The summed E-state index contributed by atoms with van der Waals surface area (Å²) in [6, 6.07) is 0. The van der Waals surface area contributed by atoms with Gasteiger partial charge in [-0.15, -0.1) is 0 Å². The molecule has 0 aromatic rings. The van der Waals surface area contributed by atoms with Crippen LogP contribution >= 0.6 is 0 Å². The Bertz CT molecular complexity index is 531. The predicted molar refractivity (Wildman–Crippen MR) is 120 cm³/mol. The Morgan fingerprint density at radius 3 is 1.24 bits per heavy atom. The predicted octanol–water partition coefficient (Wildman–Crippen LogP) is 3.98. The van der Waals surface area contributed by atoms with E-state index >= 15 is 0 Å². The molecule has 2 N–H and O–H groups in total. The Hall–Kier alpha value is 0.780. The van der Waals surface area contributed by atoms with Crippen LogP contribution in [0.15, 0.2) is 0 Å². The van der Waals surface area contributed by atoms with E-state index in [0.717, 1.165) is 19.3 Å². The Kier molecular flexibility index (Phi) is 21.5. The van der Waals surface area contributed by atoms with Crippen molar-refractivity contribution in [2.24, 2.45) is 0 Å². The molecular weight excluding hydrogens is 427 g/mol. The van der Waals surface area contributed by atoms with Crippen molar-refractivity contribution < 1.29 is 30.7 Å². The first-order chi connectivity index (χ1) is 13.1. The second-order valence-corrected chi connectivity index (χ2v) is 10.6. The fourth-order valence-corrected chi connectivity index (χ4v) is 4.68. The third kappa shape index (κ3) is 26.7. The van der Waals surface area contributed by atoms with Crippen molar-refractivity contribution in [2.45, 2.75) is 103 Å². The molecule has 172 valence electrons. The first-order valence-corrected chi connectivity index (χ1v) is 13.9. The van der Waals surface area contributed by atoms with E-state index in [2.05, 4.69) is 6.92 Å². The van der Waals surface area contributed by atoms with Gasteiger partial charge in [-0.25, -0.2) is 0 Å². The molecule has 29 heavy (non-hydrogen) atoms. The van der Waals surface area contributed by atoms with Gasteiger partial charge >= 0.3 is 29.6 Å². The van der Waals surface area contributed by atoms with E-state index < -0.39 is 37.8 Å². The van der Waals surface area contributed by atoms with Crippen molar-refractivity contribution in [3.63, 3.8) is 0 Å². The molecule has 0 aromatic heterocycles. The van der Waals surface area contributed by atoms with Gasteiger partial charge in [0.05, 0.1) is 6.10 Å². The van der Waals surface area contributed by atoms with Crippen molar-refractivity contribution in [1.29, 1.82) is 0 Å². The summed E-state index contributed by atoms with van der Waals surface area (Å²) in [5.41, 5.74) is 0. The van der Waals surface area contributed by atoms with E-state index in [1.807, 2.05) is 0 Å². The fraction of sp³-hybridized carbons (Fsp3) is 1.00. The van der Waals surface area contributed by atoms with Gasteiger partial charge in [-0.05, 0) is 6.42 Å². The standard InChI is InChI=1S/C19H40O7S2.Na.H/c1-2-3-4-5-6-7-8-9-10-11-12-13-14-15-16-26-19(17-27(20,21)22)18-28(23,24)25;;/h19H,2-18H2,1H3,(H,20,21,22)(H,23,24,25);;. The van der Waals surface area contributed by atoms with Crippen LogP contribution in [0.4, 0.5) is 0 Å². The van der Waals surface area contributed by atoms with Crippen molar-refractivity contribution in [3.8, 4) is 0 Å². The van der Waals surface area contributed by atoms with Gasteiger partial charge in [0.2, 0.25) is 0 Å². The Morgan fingerprint density at radius 1 is 0.621 bits per heavy atom. The Labute approximate surface area is 200 Å². The van der Waals surface area contributed by atoms with Crippen LogP contribution in [0, 0.1) is 0 Å². The zero-order valence-corrected chi connectivity index (χ0v) is 19.0. The van der Waals surface area contributed by atoms with E-state index in [9.17, 15) is 16.8 Å². The maximum absolute atomic E-state index is 10.9. The van der Waals surface area contributed by atoms with E-state index in [-0.39, 0.29) is 36.2 Å². The summed E-state index contributed by atoms with van der Waals surface area (Å²) in [5, 5.41) is 0. The monoisotopic (exact) mass is 468 g/mol. The quantitative estimate of drug-likeness (QED) is 0.158. The molecule has 0 spiro atoms. The molecule has 0 fully saturated rings. The number of hydrogen-bond acceptors (Lipinski definition) is 5. The molecule has 0 aliphatic carbocycles. The molecule has 0 amide bonds. The van der Waals surface area contributed by atoms with Crippen molar-refractivity contribution in [2.75, 3.05) is 18.1 Å². The molecule has 0 atom stereocenters. The zero-order chi connectivity index (χ0) is 21.3. The van der Waals surface area contributed by atoms with Crippen LogP contribution in [0.3, 0.4) is 0 Å². The molecule has 0 radical (unpaired) electrons. The SMILES string of the molecule is CCCCCCCCCCCCCCCCOC(CS(=O)(=O)O)CS(=O)(=O)O.[NaH]. The molecule has 10 heteroatoms. The summed E-state index contributed by atoms with van der Waals surface area (Å²) in [6.45, 7) is 2.44. The fourth-order valence-electron chi connectivity index (χ4n) is 3.16. The molecule has 0 aliphatic rings. The van der Waals surface area contributed by atoms with Gasteiger partial charge < -0.3 is 4.74 Å². The Balaban J connectivity index is 0. The molecule has 0 bridgehead atoms. The van der Waals surface area contributed by atoms with Crippen LogP contribution in [0.1, 0.15) is 96.8 Å². The normalized spacial score (nSPS) is 12.3. The van der Waals surface area contributed by atoms with Gasteiger partial charge in [0.15, 0.2) is 0 Å². The summed E-state index contributed by atoms with van der Waals surface area (Å²) in [6.07, 6.45) is 15.7. The second-order valence-electron chi connectivity index (χ2n) is 7.59. The van der Waals surface area contributed by atoms with Gasteiger partial charge in [-0.1, -0.05) is 90.4 Å². The van der Waals surface area contributed by atoms with Crippen LogP contribution in [0.25, 0.3) is 0 Å². The van der Waals surface area contributed by atoms with Gasteiger partial charge in [0.25, 0.3) is 20.2 Å². The summed E-state index contributed by atoms with van der Waals surface area (Å²) in [4.78, 5) is 0. The summed E-state index contributed by atoms with van der Waals surface area (Å²) in [7, 11) is -8.73. The van der Waals surface area contributed by atoms with Crippen LogP contribution in [0.2, 0.25) is 0 Å². The van der Waals surface area contributed by atoms with Gasteiger partial charge in [0, 0.05) is 6.61 Å². The molecular formula is C19H41NaO7S2. The minimum absolute atomic E-state index is 0. The maximum atomic E-state index is 10.9. The molecule has 0 saturated carbocycles. The van der Waals surface area contributed by atoms with E-state index in [1.165, 1.54) is 64.2 Å². The number of hydrogen-bond donors (Lipinski definition) is 2. The molecule has 0 aromatic carbocycles. The summed E-state index contributed by atoms with van der Waals surface area (Å²) in [5.74, 6) is -1.68. The molecule has 0 heterocycles. The van der Waals surface area contributed by atoms with E-state index in [0.29, 0.717) is 6.42 Å². The summed E-state index contributed by atoms with van der Waals surface area (Å²) < 4.78 is 66.4. The Morgan fingerprint density at radius 2 is 0.931 bits per heavy atom. The number of ether oxygens (including phenoxy) is 1. The average Bonchev–Trinajstić information content (AvgIpc) is 2.55.